The maximum atomic E-state index is 13.0. The first kappa shape index (κ1) is 50.6. The number of allylic oxidation sites excluding steroid dienone is 13. The van der Waals surface area contributed by atoms with E-state index in [1.54, 1.807) is 43.1 Å². The van der Waals surface area contributed by atoms with Crippen molar-refractivity contribution in [3.8, 4) is 30.3 Å². The lowest BCUT2D eigenvalue weighted by molar-refractivity contribution is -0.291. The summed E-state index contributed by atoms with van der Waals surface area (Å²) in [5.74, 6) is -1.89. The zero-order chi connectivity index (χ0) is 47.3. The monoisotopic (exact) mass is 901 g/mol. The van der Waals surface area contributed by atoms with Crippen molar-refractivity contribution in [2.75, 3.05) is 54.9 Å². The molecule has 1 aliphatic carbocycles. The number of esters is 1. The number of nitrogens with one attached hydrogen (secondary N) is 2. The highest BCUT2D eigenvalue weighted by atomic mass is 32.2. The standard InChI is InChI=1S/C45H43N9O8S2/c1-6-60-42(55)31-54(24-25-62-61-7-2)45-34(10-8-12-36(26-46)43(38(28-48)29-49)32-16-20-39(21-17-32)52-63(4,56)57)14-15-35(45)11-9-13-37(27-47)44(41(30-50)51-3)33-18-22-40(23-19-33)53-64(5,58)59/h8-13,16-23,38,52-53H,6-7,14-15,24-25,31H2,1-2,4-5H3/b11-9+,12-8+,34-10+,37-13+,43-36-,44-41+. The number of rotatable bonds is 21. The third-order valence-electron chi connectivity index (χ3n) is 8.76. The fourth-order valence-corrected chi connectivity index (χ4v) is 7.42. The highest BCUT2D eigenvalue weighted by Crippen LogP contribution is 2.36. The number of nitrogens with zero attached hydrogens (tertiary/aromatic N) is 7. The maximum absolute atomic E-state index is 13.0. The van der Waals surface area contributed by atoms with Crippen molar-refractivity contribution in [2.45, 2.75) is 26.7 Å². The van der Waals surface area contributed by atoms with Gasteiger partial charge in [0.2, 0.25) is 20.0 Å². The van der Waals surface area contributed by atoms with Crippen molar-refractivity contribution in [2.24, 2.45) is 5.92 Å². The van der Waals surface area contributed by atoms with Gasteiger partial charge in [0, 0.05) is 34.8 Å². The van der Waals surface area contributed by atoms with Gasteiger partial charge in [0.1, 0.15) is 6.54 Å². The van der Waals surface area contributed by atoms with Crippen LogP contribution in [0.3, 0.4) is 0 Å². The van der Waals surface area contributed by atoms with Crippen molar-refractivity contribution in [3.05, 3.63) is 141 Å². The Hall–Kier alpha value is -7.75. The predicted octanol–water partition coefficient (Wildman–Crippen LogP) is 6.59. The largest absolute Gasteiger partial charge is 0.465 e. The van der Waals surface area contributed by atoms with E-state index in [4.69, 9.17) is 21.1 Å². The van der Waals surface area contributed by atoms with Crippen molar-refractivity contribution in [1.82, 2.24) is 4.90 Å². The number of carbonyl (C=O) groups excluding carboxylic acids is 1. The number of hydrogen-bond acceptors (Lipinski definition) is 14. The van der Waals surface area contributed by atoms with Crippen LogP contribution in [0.4, 0.5) is 11.4 Å². The van der Waals surface area contributed by atoms with E-state index >= 15 is 0 Å². The second kappa shape index (κ2) is 24.6. The first-order valence-electron chi connectivity index (χ1n) is 19.2. The Labute approximate surface area is 373 Å². The van der Waals surface area contributed by atoms with Gasteiger partial charge >= 0.3 is 5.97 Å². The lowest BCUT2D eigenvalue weighted by Crippen LogP contribution is -2.34. The molecule has 2 N–H and O–H groups in total. The van der Waals surface area contributed by atoms with Gasteiger partial charge in [-0.25, -0.2) is 36.7 Å². The van der Waals surface area contributed by atoms with E-state index in [9.17, 15) is 47.9 Å². The zero-order valence-electron chi connectivity index (χ0n) is 35.3. The minimum atomic E-state index is -3.59. The second-order valence-electron chi connectivity index (χ2n) is 13.4. The molecule has 0 saturated carbocycles. The number of anilines is 2. The summed E-state index contributed by atoms with van der Waals surface area (Å²) in [7, 11) is -7.17. The first-order valence-corrected chi connectivity index (χ1v) is 23.0. The van der Waals surface area contributed by atoms with Crippen LogP contribution in [-0.4, -0.2) is 73.1 Å². The molecule has 19 heteroatoms. The van der Waals surface area contributed by atoms with Crippen LogP contribution >= 0.6 is 0 Å². The molecule has 0 atom stereocenters. The van der Waals surface area contributed by atoms with Crippen LogP contribution in [0.5, 0.6) is 0 Å². The average Bonchev–Trinajstić information content (AvgIpc) is 3.65. The summed E-state index contributed by atoms with van der Waals surface area (Å²) >= 11 is 0. The smallest absolute Gasteiger partial charge is 0.325 e. The molecule has 3 rings (SSSR count). The molecule has 0 unspecified atom stereocenters. The quantitative estimate of drug-likeness (QED) is 0.0255. The minimum Gasteiger partial charge on any atom is -0.465 e. The van der Waals surface area contributed by atoms with Crippen molar-refractivity contribution in [3.63, 3.8) is 0 Å². The fourth-order valence-electron chi connectivity index (χ4n) is 6.29. The molecular formula is C45H43N9O8S2. The van der Waals surface area contributed by atoms with Crippen molar-refractivity contribution >= 4 is 48.5 Å². The molecule has 0 bridgehead atoms. The van der Waals surface area contributed by atoms with Gasteiger partial charge in [0.25, 0.3) is 5.70 Å². The molecule has 0 spiro atoms. The fraction of sp³-hybridized carbons (Fsp3) is 0.267. The minimum absolute atomic E-state index is 0.0126. The second-order valence-corrected chi connectivity index (χ2v) is 16.9. The summed E-state index contributed by atoms with van der Waals surface area (Å²) in [6.07, 6.45) is 12.3. The van der Waals surface area contributed by atoms with E-state index in [-0.39, 0.29) is 72.3 Å². The molecule has 1 aliphatic rings. The number of nitriles is 5. The van der Waals surface area contributed by atoms with Crippen LogP contribution < -0.4 is 9.44 Å². The number of ether oxygens (including phenoxy) is 1. The molecule has 0 amide bonds. The topological polar surface area (TPSA) is 264 Å². The predicted molar refractivity (Wildman–Crippen MR) is 238 cm³/mol. The summed E-state index contributed by atoms with van der Waals surface area (Å²) in [6.45, 7) is 11.4. The van der Waals surface area contributed by atoms with E-state index in [0.29, 0.717) is 40.8 Å². The van der Waals surface area contributed by atoms with Crippen LogP contribution in [0, 0.1) is 69.1 Å². The third-order valence-corrected chi connectivity index (χ3v) is 9.97. The van der Waals surface area contributed by atoms with Gasteiger partial charge in [-0.1, -0.05) is 48.6 Å². The van der Waals surface area contributed by atoms with Gasteiger partial charge in [-0.2, -0.15) is 21.0 Å². The van der Waals surface area contributed by atoms with Gasteiger partial charge in [0.05, 0.1) is 80.4 Å². The average molecular weight is 902 g/mol. The number of benzene rings is 2. The SMILES string of the molecule is [C-]#[N+]/C(C#N)=C(/C(C#N)=C/C=C/C1=C(N(CCOOCC)CC(=O)OCC)C(=C/C=C/C(C#N)=C(\c2ccc(NS(C)(=O)=O)cc2)C(C#N)C#N)/CC1)c1ccc(NS(C)(=O)=O)cc1. The maximum Gasteiger partial charge on any atom is 0.325 e. The Morgan fingerprint density at radius 2 is 1.45 bits per heavy atom. The summed E-state index contributed by atoms with van der Waals surface area (Å²) < 4.78 is 56.9. The van der Waals surface area contributed by atoms with Crippen LogP contribution in [0.1, 0.15) is 37.8 Å². The van der Waals surface area contributed by atoms with Crippen LogP contribution in [0.2, 0.25) is 0 Å². The molecule has 0 fully saturated rings. The summed E-state index contributed by atoms with van der Waals surface area (Å²) in [5, 5.41) is 50.1. The van der Waals surface area contributed by atoms with Crippen LogP contribution in [-0.2, 0) is 39.4 Å². The van der Waals surface area contributed by atoms with E-state index in [2.05, 4.69) is 26.4 Å². The normalized spacial score (nSPS) is 14.4. The summed E-state index contributed by atoms with van der Waals surface area (Å²) in [6, 6.07) is 21.5. The molecule has 0 aliphatic heterocycles. The Bertz CT molecular complexity index is 2750. The van der Waals surface area contributed by atoms with E-state index in [1.807, 2.05) is 18.2 Å². The molecule has 0 heterocycles. The molecule has 0 aromatic heterocycles. The molecule has 64 heavy (non-hydrogen) atoms. The molecule has 328 valence electrons. The van der Waals surface area contributed by atoms with Gasteiger partial charge < -0.3 is 9.64 Å². The first-order chi connectivity index (χ1) is 30.6. The van der Waals surface area contributed by atoms with Crippen molar-refractivity contribution < 1.29 is 36.1 Å². The molecule has 2 aromatic carbocycles. The van der Waals surface area contributed by atoms with E-state index in [1.165, 1.54) is 60.7 Å². The molecule has 0 saturated heterocycles. The number of hydrogen-bond donors (Lipinski definition) is 2. The number of carbonyl (C=O) groups is 1. The number of sulfonamides is 2. The van der Waals surface area contributed by atoms with Crippen LogP contribution in [0.15, 0.2) is 119 Å². The molecule has 0 radical (unpaired) electrons. The zero-order valence-corrected chi connectivity index (χ0v) is 37.0. The highest BCUT2D eigenvalue weighted by Gasteiger charge is 2.26. The van der Waals surface area contributed by atoms with Crippen LogP contribution in [0.25, 0.3) is 16.0 Å². The Balaban J connectivity index is 2.23. The lowest BCUT2D eigenvalue weighted by Gasteiger charge is -2.27. The Morgan fingerprint density at radius 1 is 0.844 bits per heavy atom. The summed E-state index contributed by atoms with van der Waals surface area (Å²) in [5.41, 5.74) is 2.82. The lowest BCUT2D eigenvalue weighted by atomic mass is 9.90. The van der Waals surface area contributed by atoms with Gasteiger partial charge in [0.15, 0.2) is 5.92 Å². The van der Waals surface area contributed by atoms with Gasteiger partial charge in [-0.15, -0.1) is 0 Å². The molecule has 17 nitrogen and oxygen atoms in total. The highest BCUT2D eigenvalue weighted by molar-refractivity contribution is 7.92. The molecule has 2 aromatic rings. The Kier molecular flexibility index (Phi) is 19.5. The molecular weight excluding hydrogens is 859 g/mol. The van der Waals surface area contributed by atoms with Gasteiger partial charge in [-0.3, -0.25) is 14.2 Å². The van der Waals surface area contributed by atoms with E-state index in [0.717, 1.165) is 12.5 Å². The Morgan fingerprint density at radius 3 is 1.95 bits per heavy atom. The third kappa shape index (κ3) is 15.3. The van der Waals surface area contributed by atoms with Crippen molar-refractivity contribution in [1.29, 1.82) is 26.3 Å². The van der Waals surface area contributed by atoms with Gasteiger partial charge in [-0.05, 0) is 85.4 Å². The van der Waals surface area contributed by atoms with E-state index < -0.39 is 31.9 Å². The summed E-state index contributed by atoms with van der Waals surface area (Å²) in [4.78, 5) is 28.4.